The molecule has 0 radical (unpaired) electrons. The van der Waals surface area contributed by atoms with Gasteiger partial charge in [0.2, 0.25) is 0 Å². The Morgan fingerprint density at radius 1 is 0.970 bits per heavy atom. The number of aromatic nitrogens is 2. The highest BCUT2D eigenvalue weighted by Gasteiger charge is 2.23. The van der Waals surface area contributed by atoms with Crippen molar-refractivity contribution in [3.8, 4) is 28.5 Å². The van der Waals surface area contributed by atoms with Crippen LogP contribution in [0.5, 0.6) is 17.2 Å². The second kappa shape index (κ2) is 9.20. The predicted octanol–water partition coefficient (Wildman–Crippen LogP) is 4.72. The molecule has 1 amide bonds. The maximum atomic E-state index is 13.4. The molecule has 0 saturated carbocycles. The summed E-state index contributed by atoms with van der Waals surface area (Å²) in [4.78, 5) is 17.8. The zero-order valence-electron chi connectivity index (χ0n) is 19.1. The molecule has 170 valence electrons. The van der Waals surface area contributed by atoms with Gasteiger partial charge in [0, 0.05) is 16.8 Å². The first-order valence-electron chi connectivity index (χ1n) is 10.4. The van der Waals surface area contributed by atoms with Crippen LogP contribution in [0.1, 0.15) is 34.6 Å². The Bertz CT molecular complexity index is 1300. The van der Waals surface area contributed by atoms with E-state index in [9.17, 15) is 4.79 Å². The first kappa shape index (κ1) is 22.1. The van der Waals surface area contributed by atoms with Gasteiger partial charge in [-0.2, -0.15) is 0 Å². The number of carbonyl (C=O) groups is 1. The Kier molecular flexibility index (Phi) is 6.17. The molecular formula is C25H25N3O5. The molecule has 0 bridgehead atoms. The Morgan fingerprint density at radius 2 is 1.67 bits per heavy atom. The Hall–Kier alpha value is -4.07. The van der Waals surface area contributed by atoms with E-state index in [1.807, 2.05) is 49.4 Å². The van der Waals surface area contributed by atoms with Gasteiger partial charge in [-0.25, -0.2) is 4.98 Å². The highest BCUT2D eigenvalue weighted by molar-refractivity contribution is 6.09. The van der Waals surface area contributed by atoms with Crippen LogP contribution in [0.4, 0.5) is 0 Å². The molecule has 0 aliphatic heterocycles. The average molecular weight is 447 g/mol. The van der Waals surface area contributed by atoms with Gasteiger partial charge >= 0.3 is 0 Å². The molecule has 0 fully saturated rings. The molecule has 33 heavy (non-hydrogen) atoms. The molecule has 1 unspecified atom stereocenters. The normalized spacial score (nSPS) is 11.8. The summed E-state index contributed by atoms with van der Waals surface area (Å²) in [7, 11) is 4.79. The zero-order chi connectivity index (χ0) is 23.5. The van der Waals surface area contributed by atoms with Gasteiger partial charge in [0.15, 0.2) is 0 Å². The van der Waals surface area contributed by atoms with Crippen molar-refractivity contribution in [1.29, 1.82) is 0 Å². The summed E-state index contributed by atoms with van der Waals surface area (Å²) < 4.78 is 21.5. The van der Waals surface area contributed by atoms with Gasteiger partial charge in [0.05, 0.1) is 38.3 Å². The van der Waals surface area contributed by atoms with Gasteiger partial charge < -0.3 is 24.1 Å². The number of amides is 1. The molecule has 4 aromatic rings. The summed E-state index contributed by atoms with van der Waals surface area (Å²) in [5.74, 6) is 1.78. The molecule has 8 nitrogen and oxygen atoms in total. The number of hydrogen-bond acceptors (Lipinski definition) is 7. The molecule has 1 N–H and O–H groups in total. The monoisotopic (exact) mass is 447 g/mol. The smallest absolute Gasteiger partial charge is 0.259 e. The number of hydrogen-bond donors (Lipinski definition) is 1. The van der Waals surface area contributed by atoms with Crippen molar-refractivity contribution in [2.24, 2.45) is 0 Å². The second-order valence-electron chi connectivity index (χ2n) is 7.55. The fourth-order valence-electron chi connectivity index (χ4n) is 3.73. The number of aryl methyl sites for hydroxylation is 1. The topological polar surface area (TPSA) is 95.7 Å². The quantitative estimate of drug-likeness (QED) is 0.438. The van der Waals surface area contributed by atoms with Crippen LogP contribution in [0.2, 0.25) is 0 Å². The van der Waals surface area contributed by atoms with Gasteiger partial charge in [-0.3, -0.25) is 4.79 Å². The van der Waals surface area contributed by atoms with Crippen LogP contribution in [-0.4, -0.2) is 37.4 Å². The summed E-state index contributed by atoms with van der Waals surface area (Å²) in [5, 5.41) is 7.80. The van der Waals surface area contributed by atoms with Crippen molar-refractivity contribution >= 4 is 17.0 Å². The number of pyridine rings is 1. The van der Waals surface area contributed by atoms with Crippen LogP contribution in [0.3, 0.4) is 0 Å². The van der Waals surface area contributed by atoms with E-state index in [1.165, 1.54) is 0 Å². The number of rotatable bonds is 7. The van der Waals surface area contributed by atoms with E-state index in [-0.39, 0.29) is 11.9 Å². The first-order chi connectivity index (χ1) is 15.9. The van der Waals surface area contributed by atoms with Crippen molar-refractivity contribution in [2.75, 3.05) is 21.3 Å². The van der Waals surface area contributed by atoms with Crippen molar-refractivity contribution in [2.45, 2.75) is 19.9 Å². The third-order valence-corrected chi connectivity index (χ3v) is 5.43. The maximum Gasteiger partial charge on any atom is 0.259 e. The number of fused-ring (bicyclic) bond motifs is 1. The molecule has 2 aromatic heterocycles. The van der Waals surface area contributed by atoms with Crippen molar-refractivity contribution in [3.63, 3.8) is 0 Å². The lowest BCUT2D eigenvalue weighted by Crippen LogP contribution is -2.27. The second-order valence-corrected chi connectivity index (χ2v) is 7.55. The molecular weight excluding hydrogens is 422 g/mol. The number of methoxy groups -OCH3 is 3. The minimum absolute atomic E-state index is 0.277. The molecule has 0 saturated heterocycles. The summed E-state index contributed by atoms with van der Waals surface area (Å²) in [6, 6.07) is 14.2. The van der Waals surface area contributed by atoms with E-state index in [0.29, 0.717) is 39.6 Å². The molecule has 0 spiro atoms. The van der Waals surface area contributed by atoms with Crippen molar-refractivity contribution in [3.05, 3.63) is 65.4 Å². The van der Waals surface area contributed by atoms with Crippen molar-refractivity contribution in [1.82, 2.24) is 15.5 Å². The van der Waals surface area contributed by atoms with E-state index in [2.05, 4.69) is 15.5 Å². The third kappa shape index (κ3) is 4.32. The van der Waals surface area contributed by atoms with Crippen LogP contribution < -0.4 is 19.5 Å². The molecule has 2 heterocycles. The van der Waals surface area contributed by atoms with Crippen molar-refractivity contribution < 1.29 is 23.5 Å². The highest BCUT2D eigenvalue weighted by atomic mass is 16.5. The maximum absolute atomic E-state index is 13.4. The molecule has 8 heteroatoms. The molecule has 1 atom stereocenters. The summed E-state index contributed by atoms with van der Waals surface area (Å²) >= 11 is 0. The molecule has 2 aromatic carbocycles. The van der Waals surface area contributed by atoms with Gasteiger partial charge in [-0.15, -0.1) is 0 Å². The van der Waals surface area contributed by atoms with E-state index < -0.39 is 0 Å². The van der Waals surface area contributed by atoms with Crippen LogP contribution in [-0.2, 0) is 0 Å². The minimum Gasteiger partial charge on any atom is -0.497 e. The largest absolute Gasteiger partial charge is 0.497 e. The zero-order valence-corrected chi connectivity index (χ0v) is 19.1. The lowest BCUT2D eigenvalue weighted by atomic mass is 10.0. The Labute approximate surface area is 191 Å². The lowest BCUT2D eigenvalue weighted by Gasteiger charge is -2.18. The summed E-state index contributed by atoms with van der Waals surface area (Å²) in [6.07, 6.45) is 0. The summed E-state index contributed by atoms with van der Waals surface area (Å²) in [5.41, 5.74) is 3.51. The summed E-state index contributed by atoms with van der Waals surface area (Å²) in [6.45, 7) is 3.69. The number of ether oxygens (including phenoxy) is 3. The Balaban J connectivity index is 1.73. The number of carbonyl (C=O) groups excluding carboxylic acids is 1. The fourth-order valence-corrected chi connectivity index (χ4v) is 3.73. The van der Waals surface area contributed by atoms with E-state index in [0.717, 1.165) is 16.9 Å². The van der Waals surface area contributed by atoms with Crippen LogP contribution in [0, 0.1) is 6.92 Å². The predicted molar refractivity (Wildman–Crippen MR) is 124 cm³/mol. The van der Waals surface area contributed by atoms with E-state index >= 15 is 0 Å². The standard InChI is InChI=1S/C25H25N3O5/c1-14-12-20(24(29)27-15(2)19-13-18(31-4)10-11-21(19)32-5)22-23(28-33-25(22)26-14)16-6-8-17(30-3)9-7-16/h6-13,15H,1-5H3,(H,27,29). The molecule has 0 aliphatic carbocycles. The van der Waals surface area contributed by atoms with Gasteiger partial charge in [-0.1, -0.05) is 5.16 Å². The van der Waals surface area contributed by atoms with Gasteiger partial charge in [0.25, 0.3) is 11.6 Å². The molecule has 0 aliphatic rings. The number of nitrogens with one attached hydrogen (secondary N) is 1. The van der Waals surface area contributed by atoms with Crippen LogP contribution in [0.15, 0.2) is 53.1 Å². The van der Waals surface area contributed by atoms with Gasteiger partial charge in [-0.05, 0) is 62.4 Å². The molecule has 4 rings (SSSR count). The first-order valence-corrected chi connectivity index (χ1v) is 10.4. The van der Waals surface area contributed by atoms with E-state index in [4.69, 9.17) is 18.7 Å². The van der Waals surface area contributed by atoms with Crippen LogP contribution >= 0.6 is 0 Å². The van der Waals surface area contributed by atoms with E-state index in [1.54, 1.807) is 34.3 Å². The van der Waals surface area contributed by atoms with Crippen LogP contribution in [0.25, 0.3) is 22.4 Å². The fraction of sp³-hybridized carbons (Fsp3) is 0.240. The highest BCUT2D eigenvalue weighted by Crippen LogP contribution is 2.33. The average Bonchev–Trinajstić information content (AvgIpc) is 3.26. The SMILES string of the molecule is COc1ccc(-c2noc3nc(C)cc(C(=O)NC(C)c4cc(OC)ccc4OC)c23)cc1. The van der Waals surface area contributed by atoms with Gasteiger partial charge in [0.1, 0.15) is 22.9 Å². The number of nitrogens with zero attached hydrogens (tertiary/aromatic N) is 2. The minimum atomic E-state index is -0.352. The number of benzene rings is 2. The lowest BCUT2D eigenvalue weighted by molar-refractivity contribution is 0.0941. The third-order valence-electron chi connectivity index (χ3n) is 5.43. The Morgan fingerprint density at radius 3 is 2.33 bits per heavy atom.